The molecule has 0 saturated heterocycles. The van der Waals surface area contributed by atoms with Crippen molar-refractivity contribution in [3.8, 4) is 0 Å². The van der Waals surface area contributed by atoms with Gasteiger partial charge in [0.25, 0.3) is 0 Å². The molecule has 1 aromatic carbocycles. The minimum absolute atomic E-state index is 0.0992. The van der Waals surface area contributed by atoms with Gasteiger partial charge in [-0.15, -0.1) is 0 Å². The molecule has 3 nitrogen and oxygen atoms in total. The first-order valence-corrected chi connectivity index (χ1v) is 6.61. The first-order chi connectivity index (χ1) is 8.70. The SMILES string of the molecule is CCOCCN(CC)C(C)C(=O)c1ccccc1. The number of benzene rings is 1. The first-order valence-electron chi connectivity index (χ1n) is 6.61. The van der Waals surface area contributed by atoms with Crippen LogP contribution in [0.5, 0.6) is 0 Å². The molecule has 0 saturated carbocycles. The van der Waals surface area contributed by atoms with E-state index in [0.29, 0.717) is 6.61 Å². The Kier molecular flexibility index (Phi) is 6.61. The van der Waals surface area contributed by atoms with Crippen molar-refractivity contribution in [2.45, 2.75) is 26.8 Å². The maximum Gasteiger partial charge on any atom is 0.179 e. The maximum atomic E-state index is 12.3. The molecule has 1 aromatic rings. The van der Waals surface area contributed by atoms with E-state index < -0.39 is 0 Å². The van der Waals surface area contributed by atoms with Crippen LogP contribution in [0.15, 0.2) is 30.3 Å². The van der Waals surface area contributed by atoms with Crippen molar-refractivity contribution in [1.82, 2.24) is 4.90 Å². The van der Waals surface area contributed by atoms with Gasteiger partial charge in [0.15, 0.2) is 5.78 Å². The molecule has 100 valence electrons. The summed E-state index contributed by atoms with van der Waals surface area (Å²) >= 11 is 0. The number of carbonyl (C=O) groups is 1. The third kappa shape index (κ3) is 4.24. The predicted molar refractivity (Wildman–Crippen MR) is 74.0 cm³/mol. The molecule has 0 aliphatic rings. The number of likely N-dealkylation sites (N-methyl/N-ethyl adjacent to an activating group) is 1. The molecule has 0 amide bonds. The zero-order valence-electron chi connectivity index (χ0n) is 11.6. The molecular weight excluding hydrogens is 226 g/mol. The number of rotatable bonds is 8. The van der Waals surface area contributed by atoms with E-state index in [1.54, 1.807) is 0 Å². The number of ketones is 1. The summed E-state index contributed by atoms with van der Waals surface area (Å²) in [4.78, 5) is 14.4. The molecule has 0 spiro atoms. The average Bonchev–Trinajstić information content (AvgIpc) is 2.43. The van der Waals surface area contributed by atoms with Crippen LogP contribution in [0.1, 0.15) is 31.1 Å². The minimum Gasteiger partial charge on any atom is -0.380 e. The highest BCUT2D eigenvalue weighted by Gasteiger charge is 2.20. The van der Waals surface area contributed by atoms with E-state index in [2.05, 4.69) is 11.8 Å². The second kappa shape index (κ2) is 8.01. The van der Waals surface area contributed by atoms with Crippen molar-refractivity contribution in [2.24, 2.45) is 0 Å². The van der Waals surface area contributed by atoms with E-state index in [1.165, 1.54) is 0 Å². The summed E-state index contributed by atoms with van der Waals surface area (Å²) in [6, 6.07) is 9.36. The molecule has 1 unspecified atom stereocenters. The van der Waals surface area contributed by atoms with Crippen LogP contribution in [-0.2, 0) is 4.74 Å². The van der Waals surface area contributed by atoms with E-state index in [1.807, 2.05) is 44.2 Å². The minimum atomic E-state index is -0.0992. The molecule has 0 radical (unpaired) electrons. The average molecular weight is 249 g/mol. The van der Waals surface area contributed by atoms with Crippen molar-refractivity contribution >= 4 is 5.78 Å². The zero-order chi connectivity index (χ0) is 13.4. The summed E-state index contributed by atoms with van der Waals surface area (Å²) in [5, 5.41) is 0. The Hall–Kier alpha value is -1.19. The number of Topliss-reactive ketones (excluding diaryl/α,β-unsaturated/α-hetero) is 1. The number of ether oxygens (including phenoxy) is 1. The van der Waals surface area contributed by atoms with Crippen molar-refractivity contribution in [3.05, 3.63) is 35.9 Å². The smallest absolute Gasteiger partial charge is 0.179 e. The summed E-state index contributed by atoms with van der Waals surface area (Å²) < 4.78 is 5.35. The molecule has 0 fully saturated rings. The molecule has 18 heavy (non-hydrogen) atoms. The van der Waals surface area contributed by atoms with Gasteiger partial charge in [-0.2, -0.15) is 0 Å². The summed E-state index contributed by atoms with van der Waals surface area (Å²) in [5.74, 6) is 0.175. The number of hydrogen-bond acceptors (Lipinski definition) is 3. The number of carbonyl (C=O) groups excluding carboxylic acids is 1. The monoisotopic (exact) mass is 249 g/mol. The van der Waals surface area contributed by atoms with E-state index in [4.69, 9.17) is 4.74 Å². The first kappa shape index (κ1) is 14.9. The molecule has 0 heterocycles. The van der Waals surface area contributed by atoms with Gasteiger partial charge in [-0.1, -0.05) is 37.3 Å². The van der Waals surface area contributed by atoms with Crippen molar-refractivity contribution in [1.29, 1.82) is 0 Å². The van der Waals surface area contributed by atoms with E-state index in [9.17, 15) is 4.79 Å². The Morgan fingerprint density at radius 1 is 1.28 bits per heavy atom. The molecular formula is C15H23NO2. The van der Waals surface area contributed by atoms with Gasteiger partial charge in [0.2, 0.25) is 0 Å². The Morgan fingerprint density at radius 2 is 1.94 bits per heavy atom. The molecule has 0 aromatic heterocycles. The van der Waals surface area contributed by atoms with Gasteiger partial charge in [0, 0.05) is 18.7 Å². The van der Waals surface area contributed by atoms with Crippen LogP contribution in [0.3, 0.4) is 0 Å². The fourth-order valence-corrected chi connectivity index (χ4v) is 1.96. The third-order valence-corrected chi connectivity index (χ3v) is 3.12. The molecule has 0 aliphatic carbocycles. The fraction of sp³-hybridized carbons (Fsp3) is 0.533. The maximum absolute atomic E-state index is 12.3. The topological polar surface area (TPSA) is 29.5 Å². The molecule has 1 atom stereocenters. The lowest BCUT2D eigenvalue weighted by molar-refractivity contribution is 0.0740. The predicted octanol–water partition coefficient (Wildman–Crippen LogP) is 2.62. The van der Waals surface area contributed by atoms with E-state index >= 15 is 0 Å². The zero-order valence-corrected chi connectivity index (χ0v) is 11.6. The van der Waals surface area contributed by atoms with Gasteiger partial charge in [0.05, 0.1) is 12.6 Å². The van der Waals surface area contributed by atoms with Gasteiger partial charge in [0.1, 0.15) is 0 Å². The van der Waals surface area contributed by atoms with Crippen molar-refractivity contribution in [3.63, 3.8) is 0 Å². The molecule has 0 bridgehead atoms. The van der Waals surface area contributed by atoms with E-state index in [0.717, 1.165) is 25.3 Å². The van der Waals surface area contributed by atoms with Gasteiger partial charge in [-0.05, 0) is 20.4 Å². The Labute approximate surface area is 110 Å². The van der Waals surface area contributed by atoms with Crippen molar-refractivity contribution in [2.75, 3.05) is 26.3 Å². The second-order valence-electron chi connectivity index (χ2n) is 4.23. The highest BCUT2D eigenvalue weighted by atomic mass is 16.5. The van der Waals surface area contributed by atoms with Crippen LogP contribution in [0.4, 0.5) is 0 Å². The lowest BCUT2D eigenvalue weighted by atomic mass is 10.0. The highest BCUT2D eigenvalue weighted by Crippen LogP contribution is 2.08. The molecule has 0 aliphatic heterocycles. The standard InChI is InChI=1S/C15H23NO2/c1-4-16(11-12-18-5-2)13(3)15(17)14-9-7-6-8-10-14/h6-10,13H,4-5,11-12H2,1-3H3. The molecule has 0 N–H and O–H groups in total. The van der Waals surface area contributed by atoms with Gasteiger partial charge < -0.3 is 4.74 Å². The highest BCUT2D eigenvalue weighted by molar-refractivity contribution is 5.99. The van der Waals surface area contributed by atoms with Gasteiger partial charge in [-0.25, -0.2) is 0 Å². The van der Waals surface area contributed by atoms with Crippen LogP contribution in [0.2, 0.25) is 0 Å². The largest absolute Gasteiger partial charge is 0.380 e. The fourth-order valence-electron chi connectivity index (χ4n) is 1.96. The van der Waals surface area contributed by atoms with Crippen LogP contribution in [0.25, 0.3) is 0 Å². The number of nitrogens with zero attached hydrogens (tertiary/aromatic N) is 1. The Balaban J connectivity index is 2.60. The number of hydrogen-bond donors (Lipinski definition) is 0. The second-order valence-corrected chi connectivity index (χ2v) is 4.23. The summed E-state index contributed by atoms with van der Waals surface area (Å²) in [6.07, 6.45) is 0. The Morgan fingerprint density at radius 3 is 2.50 bits per heavy atom. The van der Waals surface area contributed by atoms with E-state index in [-0.39, 0.29) is 11.8 Å². The normalized spacial score (nSPS) is 12.7. The van der Waals surface area contributed by atoms with Crippen LogP contribution < -0.4 is 0 Å². The van der Waals surface area contributed by atoms with Crippen molar-refractivity contribution < 1.29 is 9.53 Å². The van der Waals surface area contributed by atoms with Gasteiger partial charge >= 0.3 is 0 Å². The van der Waals surface area contributed by atoms with Crippen LogP contribution in [0, 0.1) is 0 Å². The van der Waals surface area contributed by atoms with Crippen LogP contribution >= 0.6 is 0 Å². The summed E-state index contributed by atoms with van der Waals surface area (Å²) in [6.45, 7) is 9.06. The lowest BCUT2D eigenvalue weighted by Gasteiger charge is -2.26. The Bertz CT molecular complexity index is 351. The molecule has 3 heteroatoms. The molecule has 1 rings (SSSR count). The third-order valence-electron chi connectivity index (χ3n) is 3.12. The lowest BCUT2D eigenvalue weighted by Crippen LogP contribution is -2.40. The quantitative estimate of drug-likeness (QED) is 0.524. The summed E-state index contributed by atoms with van der Waals surface area (Å²) in [5.41, 5.74) is 0.778. The van der Waals surface area contributed by atoms with Gasteiger partial charge in [-0.3, -0.25) is 9.69 Å². The van der Waals surface area contributed by atoms with Crippen LogP contribution in [-0.4, -0.2) is 43.0 Å². The summed E-state index contributed by atoms with van der Waals surface area (Å²) in [7, 11) is 0.